The summed E-state index contributed by atoms with van der Waals surface area (Å²) >= 11 is 0. The molecule has 0 aliphatic carbocycles. The van der Waals surface area contributed by atoms with Crippen LogP contribution in [0.4, 0.5) is 4.79 Å². The molecule has 0 spiro atoms. The summed E-state index contributed by atoms with van der Waals surface area (Å²) in [7, 11) is 0. The number of ether oxygens (including phenoxy) is 1. The molecule has 0 fully saturated rings. The Bertz CT molecular complexity index is 1300. The van der Waals surface area contributed by atoms with Crippen LogP contribution in [0.3, 0.4) is 0 Å². The maximum Gasteiger partial charge on any atom is 0.419 e. The number of nitrogens with zero attached hydrogens (tertiary/aromatic N) is 2. The molecule has 2 aromatic carbocycles. The molecule has 0 saturated heterocycles. The average Bonchev–Trinajstić information content (AvgIpc) is 3.19. The maximum absolute atomic E-state index is 13.3. The second-order valence-corrected chi connectivity index (χ2v) is 8.46. The normalized spacial score (nSPS) is 13.3. The first kappa shape index (κ1) is 17.7. The topological polar surface area (TPSA) is 53.2 Å². The van der Waals surface area contributed by atoms with E-state index in [0.717, 1.165) is 58.0 Å². The first-order valence-corrected chi connectivity index (χ1v) is 9.83. The fraction of sp³-hybridized carbons (Fsp3) is 0.250. The largest absolute Gasteiger partial charge is 0.443 e. The fourth-order valence-corrected chi connectivity index (χ4v) is 4.47. The molecule has 0 radical (unpaired) electrons. The van der Waals surface area contributed by atoms with Gasteiger partial charge < -0.3 is 9.30 Å². The van der Waals surface area contributed by atoms with Gasteiger partial charge in [-0.1, -0.05) is 36.4 Å². The van der Waals surface area contributed by atoms with Gasteiger partial charge in [-0.05, 0) is 44.9 Å². The molecule has 5 rings (SSSR count). The number of rotatable bonds is 1. The van der Waals surface area contributed by atoms with Crippen molar-refractivity contribution >= 4 is 34.2 Å². The number of aromatic nitrogens is 2. The van der Waals surface area contributed by atoms with Crippen molar-refractivity contribution in [3.63, 3.8) is 0 Å². The van der Waals surface area contributed by atoms with Gasteiger partial charge in [-0.2, -0.15) is 0 Å². The highest BCUT2D eigenvalue weighted by atomic mass is 16.6. The Morgan fingerprint density at radius 3 is 2.31 bits per heavy atom. The lowest BCUT2D eigenvalue weighted by Gasteiger charge is -2.23. The van der Waals surface area contributed by atoms with Crippen LogP contribution in [-0.2, 0) is 17.7 Å². The predicted octanol–water partition coefficient (Wildman–Crippen LogP) is 5.41. The summed E-state index contributed by atoms with van der Waals surface area (Å²) in [5, 5.41) is 1.94. The molecule has 1 aliphatic rings. The lowest BCUT2D eigenvalue weighted by molar-refractivity contribution is 0.0546. The molecule has 0 bridgehead atoms. The minimum absolute atomic E-state index is 0.425. The maximum atomic E-state index is 13.3. The Hall–Kier alpha value is -3.34. The number of fused-ring (bicyclic) bond motifs is 7. The number of aldehydes is 1. The standard InChI is InChI=1S/C24H22N2O3/c1-24(2,3)29-23(28)26-20-11-7-5-8-15(20)17-12-13-25-19-10-6-4-9-16(19)18(14-27)21(25)22(17)26/h4-11,14H,12-13H2,1-3H3. The monoisotopic (exact) mass is 386 g/mol. The minimum atomic E-state index is -0.621. The quantitative estimate of drug-likeness (QED) is 0.411. The van der Waals surface area contributed by atoms with Gasteiger partial charge in [0.1, 0.15) is 5.60 Å². The first-order valence-electron chi connectivity index (χ1n) is 9.83. The van der Waals surface area contributed by atoms with Gasteiger partial charge in [-0.3, -0.25) is 4.79 Å². The Morgan fingerprint density at radius 2 is 1.62 bits per heavy atom. The van der Waals surface area contributed by atoms with E-state index in [1.165, 1.54) is 0 Å². The minimum Gasteiger partial charge on any atom is -0.443 e. The van der Waals surface area contributed by atoms with E-state index in [2.05, 4.69) is 4.57 Å². The van der Waals surface area contributed by atoms with Gasteiger partial charge in [0.25, 0.3) is 0 Å². The summed E-state index contributed by atoms with van der Waals surface area (Å²) in [6, 6.07) is 15.8. The zero-order chi connectivity index (χ0) is 20.3. The summed E-state index contributed by atoms with van der Waals surface area (Å²) in [5.41, 5.74) is 4.47. The number of aryl methyl sites for hydroxylation is 2. The number of carbonyl (C=O) groups excluding carboxylic acids is 2. The van der Waals surface area contributed by atoms with Crippen LogP contribution in [-0.4, -0.2) is 27.1 Å². The number of carbonyl (C=O) groups is 2. The number of benzene rings is 2. The van der Waals surface area contributed by atoms with Crippen LogP contribution in [0.2, 0.25) is 0 Å². The van der Waals surface area contributed by atoms with E-state index in [-0.39, 0.29) is 0 Å². The van der Waals surface area contributed by atoms with Crippen LogP contribution in [0.25, 0.3) is 33.2 Å². The van der Waals surface area contributed by atoms with E-state index in [0.29, 0.717) is 5.56 Å². The third-order valence-electron chi connectivity index (χ3n) is 5.49. The third kappa shape index (κ3) is 2.54. The first-order chi connectivity index (χ1) is 13.9. The second kappa shape index (κ2) is 6.08. The summed E-state index contributed by atoms with van der Waals surface area (Å²) in [6.45, 7) is 6.34. The van der Waals surface area contributed by atoms with E-state index in [1.807, 2.05) is 69.3 Å². The Morgan fingerprint density at radius 1 is 0.966 bits per heavy atom. The molecule has 5 nitrogen and oxygen atoms in total. The fourth-order valence-electron chi connectivity index (χ4n) is 4.47. The van der Waals surface area contributed by atoms with Crippen molar-refractivity contribution < 1.29 is 14.3 Å². The molecule has 0 atom stereocenters. The second-order valence-electron chi connectivity index (χ2n) is 8.46. The molecule has 0 saturated carbocycles. The van der Waals surface area contributed by atoms with E-state index >= 15 is 0 Å². The molecule has 4 aromatic rings. The third-order valence-corrected chi connectivity index (χ3v) is 5.49. The summed E-state index contributed by atoms with van der Waals surface area (Å²) < 4.78 is 9.54. The van der Waals surface area contributed by atoms with Crippen molar-refractivity contribution in [3.05, 3.63) is 59.7 Å². The van der Waals surface area contributed by atoms with Crippen LogP contribution in [0.5, 0.6) is 0 Å². The molecule has 3 heterocycles. The summed E-state index contributed by atoms with van der Waals surface area (Å²) in [4.78, 5) is 25.4. The van der Waals surface area contributed by atoms with Crippen LogP contribution in [0.1, 0.15) is 36.7 Å². The molecule has 0 N–H and O–H groups in total. The van der Waals surface area contributed by atoms with Crippen LogP contribution < -0.4 is 0 Å². The van der Waals surface area contributed by atoms with Gasteiger partial charge >= 0.3 is 6.09 Å². The highest BCUT2D eigenvalue weighted by Gasteiger charge is 2.32. The van der Waals surface area contributed by atoms with Crippen molar-refractivity contribution in [1.82, 2.24) is 9.13 Å². The zero-order valence-corrected chi connectivity index (χ0v) is 16.7. The van der Waals surface area contributed by atoms with E-state index in [4.69, 9.17) is 4.74 Å². The average molecular weight is 386 g/mol. The van der Waals surface area contributed by atoms with Crippen molar-refractivity contribution in [2.75, 3.05) is 0 Å². The Kier molecular flexibility index (Phi) is 3.72. The number of hydrogen-bond donors (Lipinski definition) is 0. The van der Waals surface area contributed by atoms with Crippen molar-refractivity contribution in [1.29, 1.82) is 0 Å². The predicted molar refractivity (Wildman–Crippen MR) is 114 cm³/mol. The Balaban J connectivity index is 1.90. The highest BCUT2D eigenvalue weighted by molar-refractivity contribution is 6.09. The lowest BCUT2D eigenvalue weighted by Crippen LogP contribution is -2.28. The van der Waals surface area contributed by atoms with Crippen LogP contribution in [0.15, 0.2) is 48.5 Å². The number of hydrogen-bond acceptors (Lipinski definition) is 3. The molecule has 0 unspecified atom stereocenters. The molecular formula is C24H22N2O3. The van der Waals surface area contributed by atoms with Crippen molar-refractivity contribution in [3.8, 4) is 11.4 Å². The molecule has 0 amide bonds. The molecule has 5 heteroatoms. The van der Waals surface area contributed by atoms with Gasteiger partial charge in [-0.25, -0.2) is 9.36 Å². The van der Waals surface area contributed by atoms with Crippen molar-refractivity contribution in [2.24, 2.45) is 0 Å². The van der Waals surface area contributed by atoms with E-state index < -0.39 is 11.7 Å². The zero-order valence-electron chi connectivity index (χ0n) is 16.7. The van der Waals surface area contributed by atoms with Crippen LogP contribution in [0, 0.1) is 0 Å². The van der Waals surface area contributed by atoms with Gasteiger partial charge in [0.05, 0.1) is 16.9 Å². The van der Waals surface area contributed by atoms with E-state index in [1.54, 1.807) is 4.57 Å². The Labute approximate surface area is 168 Å². The molecule has 29 heavy (non-hydrogen) atoms. The molecule has 146 valence electrons. The van der Waals surface area contributed by atoms with Gasteiger partial charge in [-0.15, -0.1) is 0 Å². The highest BCUT2D eigenvalue weighted by Crippen LogP contribution is 2.42. The van der Waals surface area contributed by atoms with Crippen molar-refractivity contribution in [2.45, 2.75) is 39.3 Å². The van der Waals surface area contributed by atoms with Crippen LogP contribution >= 0.6 is 0 Å². The summed E-state index contributed by atoms with van der Waals surface area (Å²) in [6.07, 6.45) is 1.26. The molecular weight excluding hydrogens is 364 g/mol. The smallest absolute Gasteiger partial charge is 0.419 e. The SMILES string of the molecule is CC(C)(C)OC(=O)n1c2c(c3ccccc31)CCn1c-2c(C=O)c2ccccc21. The van der Waals surface area contributed by atoms with E-state index in [9.17, 15) is 9.59 Å². The lowest BCUT2D eigenvalue weighted by atomic mass is 10.0. The molecule has 2 aromatic heterocycles. The van der Waals surface area contributed by atoms with Gasteiger partial charge in [0.15, 0.2) is 6.29 Å². The van der Waals surface area contributed by atoms with Gasteiger partial charge in [0, 0.05) is 28.4 Å². The van der Waals surface area contributed by atoms with Gasteiger partial charge in [0.2, 0.25) is 0 Å². The summed E-state index contributed by atoms with van der Waals surface area (Å²) in [5.74, 6) is 0. The number of para-hydroxylation sites is 2. The molecule has 1 aliphatic heterocycles.